The number of carbonyl (C=O) groups excluding carboxylic acids is 1. The third kappa shape index (κ3) is 1.97. The van der Waals surface area contributed by atoms with Gasteiger partial charge in [-0.3, -0.25) is 4.98 Å². The van der Waals surface area contributed by atoms with Crippen molar-refractivity contribution in [2.45, 2.75) is 0 Å². The monoisotopic (exact) mass is 307 g/mol. The van der Waals surface area contributed by atoms with Crippen LogP contribution in [-0.4, -0.2) is 27.6 Å². The molecule has 0 aliphatic rings. The van der Waals surface area contributed by atoms with Crippen molar-refractivity contribution in [1.29, 1.82) is 0 Å². The summed E-state index contributed by atoms with van der Waals surface area (Å²) in [4.78, 5) is 20.9. The van der Waals surface area contributed by atoms with Gasteiger partial charge in [-0.1, -0.05) is 11.6 Å². The summed E-state index contributed by atoms with van der Waals surface area (Å²) in [5.74, 6) is -0.199. The van der Waals surface area contributed by atoms with Crippen LogP contribution in [0.15, 0.2) is 24.5 Å². The molecule has 5 nitrogen and oxygen atoms in total. The molecule has 0 saturated heterocycles. The van der Waals surface area contributed by atoms with Gasteiger partial charge in [0.15, 0.2) is 0 Å². The van der Waals surface area contributed by atoms with Crippen LogP contribution >= 0.6 is 22.9 Å². The van der Waals surface area contributed by atoms with Gasteiger partial charge in [-0.15, -0.1) is 11.3 Å². The molecule has 0 aliphatic carbocycles. The molecule has 0 amide bonds. The van der Waals surface area contributed by atoms with Crippen molar-refractivity contribution in [1.82, 2.24) is 14.5 Å². The molecule has 0 N–H and O–H groups in total. The van der Waals surface area contributed by atoms with Gasteiger partial charge in [0.1, 0.15) is 0 Å². The summed E-state index contributed by atoms with van der Waals surface area (Å²) in [5, 5.41) is 0.668. The Balaban J connectivity index is 2.14. The van der Waals surface area contributed by atoms with E-state index in [4.69, 9.17) is 16.3 Å². The van der Waals surface area contributed by atoms with E-state index in [1.54, 1.807) is 30.1 Å². The lowest BCUT2D eigenvalue weighted by molar-refractivity contribution is 0.0583. The molecule has 0 spiro atoms. The van der Waals surface area contributed by atoms with Crippen LogP contribution in [0.4, 0.5) is 0 Å². The minimum absolute atomic E-state index is 0.263. The number of esters is 1. The predicted molar refractivity (Wildman–Crippen MR) is 78.2 cm³/mol. The first-order valence-corrected chi connectivity index (χ1v) is 6.95. The number of carbonyl (C=O) groups is 1. The quantitative estimate of drug-likeness (QED) is 0.683. The molecular formula is C13H10ClN3O2S. The summed E-state index contributed by atoms with van der Waals surface area (Å²) >= 11 is 7.67. The third-order valence-corrected chi connectivity index (χ3v) is 4.58. The van der Waals surface area contributed by atoms with E-state index in [0.717, 1.165) is 20.8 Å². The van der Waals surface area contributed by atoms with Crippen LogP contribution in [0.1, 0.15) is 10.6 Å². The molecule has 3 rings (SSSR count). The lowest BCUT2D eigenvalue weighted by Crippen LogP contribution is -2.09. The normalized spacial score (nSPS) is 10.9. The molecule has 0 atom stereocenters. The second-order valence-corrected chi connectivity index (χ2v) is 5.59. The molecule has 0 aliphatic heterocycles. The third-order valence-electron chi connectivity index (χ3n) is 2.97. The minimum Gasteiger partial charge on any atom is -0.463 e. The van der Waals surface area contributed by atoms with Gasteiger partial charge in [0.2, 0.25) is 5.82 Å². The number of thiophene rings is 1. The maximum Gasteiger partial charge on any atom is 0.374 e. The molecule has 0 fully saturated rings. The summed E-state index contributed by atoms with van der Waals surface area (Å²) in [6.07, 6.45) is 3.31. The van der Waals surface area contributed by atoms with E-state index >= 15 is 0 Å². The standard InChI is InChI=1S/C13H10ClN3O2S/c1-17-9(6-16-12(17)13(18)19-2)10-5-8-11(20-10)7(14)3-4-15-8/h3-6H,1-2H3. The Kier molecular flexibility index (Phi) is 3.19. The fourth-order valence-corrected chi connectivity index (χ4v) is 3.29. The number of pyridine rings is 1. The van der Waals surface area contributed by atoms with E-state index in [1.807, 2.05) is 6.07 Å². The van der Waals surface area contributed by atoms with Crippen molar-refractivity contribution in [2.75, 3.05) is 7.11 Å². The van der Waals surface area contributed by atoms with E-state index < -0.39 is 5.97 Å². The van der Waals surface area contributed by atoms with Crippen LogP contribution in [0.3, 0.4) is 0 Å². The molecule has 20 heavy (non-hydrogen) atoms. The maximum atomic E-state index is 11.6. The highest BCUT2D eigenvalue weighted by Crippen LogP contribution is 2.36. The van der Waals surface area contributed by atoms with Crippen LogP contribution < -0.4 is 0 Å². The smallest absolute Gasteiger partial charge is 0.374 e. The van der Waals surface area contributed by atoms with Crippen molar-refractivity contribution >= 4 is 39.1 Å². The van der Waals surface area contributed by atoms with Gasteiger partial charge in [0, 0.05) is 13.2 Å². The molecule has 0 unspecified atom stereocenters. The lowest BCUT2D eigenvalue weighted by Gasteiger charge is -2.02. The number of hydrogen-bond donors (Lipinski definition) is 0. The Morgan fingerprint density at radius 1 is 1.45 bits per heavy atom. The number of halogens is 1. The van der Waals surface area contributed by atoms with E-state index in [2.05, 4.69) is 9.97 Å². The maximum absolute atomic E-state index is 11.6. The van der Waals surface area contributed by atoms with E-state index in [0.29, 0.717) is 5.02 Å². The number of rotatable bonds is 2. The second-order valence-electron chi connectivity index (χ2n) is 4.14. The first-order chi connectivity index (χ1) is 9.61. The number of aromatic nitrogens is 3. The molecule has 0 aromatic carbocycles. The number of hydrogen-bond acceptors (Lipinski definition) is 5. The largest absolute Gasteiger partial charge is 0.463 e. The molecule has 0 saturated carbocycles. The second kappa shape index (κ2) is 4.88. The SMILES string of the molecule is COC(=O)c1ncc(-c2cc3nccc(Cl)c3s2)n1C. The number of ether oxygens (including phenoxy) is 1. The van der Waals surface area contributed by atoms with Gasteiger partial charge in [-0.25, -0.2) is 9.78 Å². The zero-order valence-electron chi connectivity index (χ0n) is 10.8. The Morgan fingerprint density at radius 2 is 2.25 bits per heavy atom. The Hall–Kier alpha value is -1.92. The summed E-state index contributed by atoms with van der Waals surface area (Å²) in [5.41, 5.74) is 1.66. The summed E-state index contributed by atoms with van der Waals surface area (Å²) in [6.45, 7) is 0. The number of fused-ring (bicyclic) bond motifs is 1. The van der Waals surface area contributed by atoms with Crippen molar-refractivity contribution < 1.29 is 9.53 Å². The number of imidazole rings is 1. The van der Waals surface area contributed by atoms with Crippen LogP contribution in [0.2, 0.25) is 5.02 Å². The van der Waals surface area contributed by atoms with Gasteiger partial charge >= 0.3 is 5.97 Å². The summed E-state index contributed by atoms with van der Waals surface area (Å²) in [7, 11) is 3.10. The number of nitrogens with zero attached hydrogens (tertiary/aromatic N) is 3. The minimum atomic E-state index is -0.462. The molecule has 3 aromatic rings. The van der Waals surface area contributed by atoms with E-state index in [1.165, 1.54) is 18.4 Å². The zero-order chi connectivity index (χ0) is 14.3. The Labute approximate surface area is 123 Å². The summed E-state index contributed by atoms with van der Waals surface area (Å²) < 4.78 is 7.31. The van der Waals surface area contributed by atoms with Gasteiger partial charge in [-0.2, -0.15) is 0 Å². The van der Waals surface area contributed by atoms with Crippen LogP contribution in [0, 0.1) is 0 Å². The Morgan fingerprint density at radius 3 is 2.95 bits per heavy atom. The highest BCUT2D eigenvalue weighted by atomic mass is 35.5. The summed E-state index contributed by atoms with van der Waals surface area (Å²) in [6, 6.07) is 3.69. The molecule has 0 bridgehead atoms. The zero-order valence-corrected chi connectivity index (χ0v) is 12.3. The highest BCUT2D eigenvalue weighted by molar-refractivity contribution is 7.22. The van der Waals surface area contributed by atoms with E-state index in [9.17, 15) is 4.79 Å². The van der Waals surface area contributed by atoms with Crippen LogP contribution in [-0.2, 0) is 11.8 Å². The fourth-order valence-electron chi connectivity index (χ4n) is 1.95. The molecule has 3 heterocycles. The van der Waals surface area contributed by atoms with Gasteiger partial charge in [-0.05, 0) is 12.1 Å². The van der Waals surface area contributed by atoms with Gasteiger partial charge in [0.25, 0.3) is 0 Å². The van der Waals surface area contributed by atoms with Crippen molar-refractivity contribution in [3.8, 4) is 10.6 Å². The van der Waals surface area contributed by atoms with Crippen LogP contribution in [0.5, 0.6) is 0 Å². The fraction of sp³-hybridized carbons (Fsp3) is 0.154. The van der Waals surface area contributed by atoms with Crippen molar-refractivity contribution in [3.05, 3.63) is 35.4 Å². The predicted octanol–water partition coefficient (Wildman–Crippen LogP) is 3.14. The Bertz CT molecular complexity index is 809. The van der Waals surface area contributed by atoms with Gasteiger partial charge in [0.05, 0.1) is 39.1 Å². The topological polar surface area (TPSA) is 57.0 Å². The van der Waals surface area contributed by atoms with Crippen LogP contribution in [0.25, 0.3) is 20.8 Å². The van der Waals surface area contributed by atoms with Gasteiger partial charge < -0.3 is 9.30 Å². The molecule has 3 aromatic heterocycles. The lowest BCUT2D eigenvalue weighted by atomic mass is 10.3. The molecule has 7 heteroatoms. The van der Waals surface area contributed by atoms with E-state index in [-0.39, 0.29) is 5.82 Å². The number of methoxy groups -OCH3 is 1. The molecule has 0 radical (unpaired) electrons. The van der Waals surface area contributed by atoms with Crippen molar-refractivity contribution in [3.63, 3.8) is 0 Å². The average molecular weight is 308 g/mol. The van der Waals surface area contributed by atoms with Crippen molar-refractivity contribution in [2.24, 2.45) is 7.05 Å². The average Bonchev–Trinajstić information content (AvgIpc) is 3.02. The first-order valence-electron chi connectivity index (χ1n) is 5.76. The molecular weight excluding hydrogens is 298 g/mol. The molecule has 102 valence electrons. The first kappa shape index (κ1) is 13.1. The highest BCUT2D eigenvalue weighted by Gasteiger charge is 2.17.